The van der Waals surface area contributed by atoms with Crippen LogP contribution in [0.25, 0.3) is 0 Å². The second-order valence-corrected chi connectivity index (χ2v) is 6.44. The van der Waals surface area contributed by atoms with E-state index in [-0.39, 0.29) is 5.41 Å². The standard InChI is InChI=1S/C14H27NO4/c1-8-14(5,6)9-10(11(16)18-7)15-12(17)19-13(2,3)4/h10H,8-9H2,1-7H3,(H,15,17). The van der Waals surface area contributed by atoms with Crippen LogP contribution in [0.5, 0.6) is 0 Å². The average Bonchev–Trinajstić information content (AvgIpc) is 2.24. The van der Waals surface area contributed by atoms with Crippen LogP contribution in [0.15, 0.2) is 0 Å². The molecular weight excluding hydrogens is 246 g/mol. The summed E-state index contributed by atoms with van der Waals surface area (Å²) in [6, 6.07) is -0.685. The van der Waals surface area contributed by atoms with E-state index in [0.717, 1.165) is 6.42 Å². The molecule has 0 radical (unpaired) electrons. The Morgan fingerprint density at radius 2 is 1.68 bits per heavy atom. The van der Waals surface area contributed by atoms with E-state index in [1.54, 1.807) is 20.8 Å². The van der Waals surface area contributed by atoms with Gasteiger partial charge in [-0.1, -0.05) is 27.2 Å². The van der Waals surface area contributed by atoms with E-state index in [0.29, 0.717) is 6.42 Å². The Hall–Kier alpha value is -1.26. The molecule has 0 fully saturated rings. The van der Waals surface area contributed by atoms with Gasteiger partial charge in [0.1, 0.15) is 11.6 Å². The van der Waals surface area contributed by atoms with Crippen molar-refractivity contribution in [1.82, 2.24) is 5.32 Å². The largest absolute Gasteiger partial charge is 0.467 e. The van der Waals surface area contributed by atoms with Gasteiger partial charge >= 0.3 is 12.1 Å². The second kappa shape index (κ2) is 6.78. The molecule has 0 aromatic rings. The van der Waals surface area contributed by atoms with Crippen molar-refractivity contribution in [2.75, 3.05) is 7.11 Å². The van der Waals surface area contributed by atoms with Crippen LogP contribution in [-0.4, -0.2) is 30.8 Å². The van der Waals surface area contributed by atoms with Gasteiger partial charge in [0.05, 0.1) is 7.11 Å². The van der Waals surface area contributed by atoms with Gasteiger partial charge in [-0.25, -0.2) is 9.59 Å². The number of carbonyl (C=O) groups is 2. The molecule has 1 unspecified atom stereocenters. The van der Waals surface area contributed by atoms with Crippen molar-refractivity contribution in [3.05, 3.63) is 0 Å². The summed E-state index contributed by atoms with van der Waals surface area (Å²) < 4.78 is 9.88. The molecule has 0 aliphatic carbocycles. The van der Waals surface area contributed by atoms with Crippen LogP contribution in [0.4, 0.5) is 4.79 Å². The topological polar surface area (TPSA) is 64.6 Å². The maximum atomic E-state index is 11.7. The Balaban J connectivity index is 4.70. The minimum atomic E-state index is -0.685. The zero-order valence-electron chi connectivity index (χ0n) is 13.1. The number of esters is 1. The summed E-state index contributed by atoms with van der Waals surface area (Å²) in [5.41, 5.74) is -0.654. The highest BCUT2D eigenvalue weighted by Gasteiger charge is 2.30. The zero-order valence-corrected chi connectivity index (χ0v) is 13.1. The minimum absolute atomic E-state index is 0.0616. The van der Waals surface area contributed by atoms with Crippen molar-refractivity contribution in [3.63, 3.8) is 0 Å². The predicted molar refractivity (Wildman–Crippen MR) is 73.9 cm³/mol. The normalized spacial score (nSPS) is 13.6. The number of methoxy groups -OCH3 is 1. The quantitative estimate of drug-likeness (QED) is 0.782. The van der Waals surface area contributed by atoms with Gasteiger partial charge in [-0.05, 0) is 32.6 Å². The molecule has 1 amide bonds. The minimum Gasteiger partial charge on any atom is -0.467 e. The summed E-state index contributed by atoms with van der Waals surface area (Å²) in [5.74, 6) is -0.451. The molecule has 0 bridgehead atoms. The van der Waals surface area contributed by atoms with Gasteiger partial charge in [0.2, 0.25) is 0 Å². The number of nitrogens with one attached hydrogen (secondary N) is 1. The lowest BCUT2D eigenvalue weighted by atomic mass is 9.83. The number of carbonyl (C=O) groups excluding carboxylic acids is 2. The number of amides is 1. The monoisotopic (exact) mass is 273 g/mol. The Morgan fingerprint density at radius 3 is 2.05 bits per heavy atom. The first-order valence-corrected chi connectivity index (χ1v) is 6.58. The average molecular weight is 273 g/mol. The summed E-state index contributed by atoms with van der Waals surface area (Å²) in [5, 5.41) is 2.58. The van der Waals surface area contributed by atoms with E-state index in [1.807, 2.05) is 20.8 Å². The molecule has 0 aromatic carbocycles. The fourth-order valence-corrected chi connectivity index (χ4v) is 1.48. The molecule has 0 aromatic heterocycles. The van der Waals surface area contributed by atoms with Crippen LogP contribution in [0.2, 0.25) is 0 Å². The summed E-state index contributed by atoms with van der Waals surface area (Å²) in [4.78, 5) is 23.4. The van der Waals surface area contributed by atoms with Gasteiger partial charge in [-0.3, -0.25) is 0 Å². The third kappa shape index (κ3) is 7.70. The van der Waals surface area contributed by atoms with Crippen LogP contribution in [-0.2, 0) is 14.3 Å². The first kappa shape index (κ1) is 17.7. The number of hydrogen-bond donors (Lipinski definition) is 1. The molecule has 0 heterocycles. The summed E-state index contributed by atoms with van der Waals surface area (Å²) in [6.45, 7) is 11.4. The number of ether oxygens (including phenoxy) is 2. The molecule has 0 aliphatic heterocycles. The first-order valence-electron chi connectivity index (χ1n) is 6.58. The lowest BCUT2D eigenvalue weighted by Gasteiger charge is -2.28. The number of rotatable bonds is 5. The second-order valence-electron chi connectivity index (χ2n) is 6.44. The highest BCUT2D eigenvalue weighted by molar-refractivity contribution is 5.81. The first-order chi connectivity index (χ1) is 8.50. The molecule has 1 atom stereocenters. The molecule has 0 spiro atoms. The van der Waals surface area contributed by atoms with Crippen molar-refractivity contribution >= 4 is 12.1 Å². The highest BCUT2D eigenvalue weighted by atomic mass is 16.6. The number of alkyl carbamates (subject to hydrolysis) is 1. The molecule has 0 rings (SSSR count). The van der Waals surface area contributed by atoms with Crippen LogP contribution < -0.4 is 5.32 Å². The maximum Gasteiger partial charge on any atom is 0.408 e. The SMILES string of the molecule is CCC(C)(C)CC(NC(=O)OC(C)(C)C)C(=O)OC. The number of hydrogen-bond acceptors (Lipinski definition) is 4. The van der Waals surface area contributed by atoms with Gasteiger partial charge in [0.25, 0.3) is 0 Å². The van der Waals surface area contributed by atoms with Crippen molar-refractivity contribution in [1.29, 1.82) is 0 Å². The zero-order chi connectivity index (χ0) is 15.3. The van der Waals surface area contributed by atoms with E-state index in [2.05, 4.69) is 5.32 Å². The van der Waals surface area contributed by atoms with Crippen LogP contribution in [0.1, 0.15) is 54.4 Å². The Morgan fingerprint density at radius 1 is 1.16 bits per heavy atom. The summed E-state index contributed by atoms with van der Waals surface area (Å²) in [7, 11) is 1.31. The van der Waals surface area contributed by atoms with Gasteiger partial charge in [-0.15, -0.1) is 0 Å². The smallest absolute Gasteiger partial charge is 0.408 e. The summed E-state index contributed by atoms with van der Waals surface area (Å²) in [6.07, 6.45) is 0.807. The van der Waals surface area contributed by atoms with Crippen LogP contribution in [0, 0.1) is 5.41 Å². The molecular formula is C14H27NO4. The highest BCUT2D eigenvalue weighted by Crippen LogP contribution is 2.26. The Bertz CT molecular complexity index is 318. The maximum absolute atomic E-state index is 11.7. The lowest BCUT2D eigenvalue weighted by Crippen LogP contribution is -2.46. The third-order valence-corrected chi connectivity index (χ3v) is 2.89. The van der Waals surface area contributed by atoms with Gasteiger partial charge in [0, 0.05) is 0 Å². The van der Waals surface area contributed by atoms with Crippen LogP contribution in [0.3, 0.4) is 0 Å². The molecule has 19 heavy (non-hydrogen) atoms. The summed E-state index contributed by atoms with van der Waals surface area (Å²) >= 11 is 0. The Labute approximate surface area is 116 Å². The van der Waals surface area contributed by atoms with Gasteiger partial charge in [0.15, 0.2) is 0 Å². The molecule has 0 saturated carbocycles. The molecule has 5 nitrogen and oxygen atoms in total. The molecule has 0 saturated heterocycles. The van der Waals surface area contributed by atoms with Crippen molar-refractivity contribution < 1.29 is 19.1 Å². The van der Waals surface area contributed by atoms with Crippen molar-refractivity contribution in [2.24, 2.45) is 5.41 Å². The van der Waals surface area contributed by atoms with E-state index in [1.165, 1.54) is 7.11 Å². The molecule has 1 N–H and O–H groups in total. The Kier molecular flexibility index (Phi) is 6.33. The van der Waals surface area contributed by atoms with Crippen molar-refractivity contribution in [3.8, 4) is 0 Å². The van der Waals surface area contributed by atoms with Gasteiger partial charge in [-0.2, -0.15) is 0 Å². The fraction of sp³-hybridized carbons (Fsp3) is 0.857. The van der Waals surface area contributed by atoms with E-state index in [4.69, 9.17) is 9.47 Å². The van der Waals surface area contributed by atoms with E-state index >= 15 is 0 Å². The fourth-order valence-electron chi connectivity index (χ4n) is 1.48. The van der Waals surface area contributed by atoms with Crippen LogP contribution >= 0.6 is 0 Å². The van der Waals surface area contributed by atoms with Gasteiger partial charge < -0.3 is 14.8 Å². The molecule has 112 valence electrons. The molecule has 5 heteroatoms. The van der Waals surface area contributed by atoms with E-state index in [9.17, 15) is 9.59 Å². The van der Waals surface area contributed by atoms with E-state index < -0.39 is 23.7 Å². The predicted octanol–water partition coefficient (Wildman–Crippen LogP) is 2.88. The third-order valence-electron chi connectivity index (χ3n) is 2.89. The van der Waals surface area contributed by atoms with Crippen molar-refractivity contribution in [2.45, 2.75) is 66.0 Å². The molecule has 0 aliphatic rings. The lowest BCUT2D eigenvalue weighted by molar-refractivity contribution is -0.144.